The van der Waals surface area contributed by atoms with Crippen LogP contribution in [0.25, 0.3) is 39.0 Å². The van der Waals surface area contributed by atoms with E-state index in [4.69, 9.17) is 21.4 Å². The summed E-state index contributed by atoms with van der Waals surface area (Å²) >= 11 is 6.81. The second-order valence-electron chi connectivity index (χ2n) is 17.6. The monoisotopic (exact) mass is 888 g/mol. The molecule has 17 heteroatoms. The van der Waals surface area contributed by atoms with Crippen LogP contribution in [0, 0.1) is 25.6 Å². The van der Waals surface area contributed by atoms with E-state index in [1.165, 1.54) is 28.4 Å². The molecular formula is C47H50ClFN10O5. The molecule has 15 nitrogen and oxygen atoms in total. The molecule has 0 unspecified atom stereocenters. The number of rotatable bonds is 5. The molecule has 2 N–H and O–H groups in total. The number of para-hydroxylation sites is 1. The third kappa shape index (κ3) is 8.23. The van der Waals surface area contributed by atoms with Crippen LogP contribution in [-0.2, 0) is 24.8 Å². The highest BCUT2D eigenvalue weighted by Gasteiger charge is 2.37. The first-order valence-corrected chi connectivity index (χ1v) is 21.9. The lowest BCUT2D eigenvalue weighted by molar-refractivity contribution is -0.0511. The number of imidazole rings is 1. The SMILES string of the molecule is CC1(C)CCCCO1.C[C@H]1C[C@H]1c1noc(=O)[nH]1.Cc1cc(-n2nc3c(c2-n2ccn(-c4ccc5c(cnn5C)c4Cl)c2=O)CN(C(=O)c2cc4ccccc4[nH]2)CC3)cc(C)c1F. The molecule has 332 valence electrons. The zero-order valence-corrected chi connectivity index (χ0v) is 37.4. The van der Waals surface area contributed by atoms with Gasteiger partial charge in [0, 0.05) is 66.8 Å². The van der Waals surface area contributed by atoms with Crippen molar-refractivity contribution >= 4 is 39.3 Å². The number of nitrogens with one attached hydrogen (secondary N) is 2. The minimum atomic E-state index is -0.450. The van der Waals surface area contributed by atoms with Gasteiger partial charge in [-0.1, -0.05) is 41.9 Å². The number of ether oxygens (including phenoxy) is 1. The van der Waals surface area contributed by atoms with Crippen molar-refractivity contribution in [1.29, 1.82) is 0 Å². The zero-order valence-electron chi connectivity index (χ0n) is 36.6. The van der Waals surface area contributed by atoms with E-state index in [1.54, 1.807) is 64.9 Å². The Morgan fingerprint density at radius 3 is 2.41 bits per heavy atom. The molecule has 3 aromatic carbocycles. The highest BCUT2D eigenvalue weighted by Crippen LogP contribution is 2.44. The van der Waals surface area contributed by atoms with E-state index in [9.17, 15) is 18.8 Å². The molecule has 0 bridgehead atoms. The number of H-pyrrole nitrogens is 2. The molecule has 7 heterocycles. The predicted molar refractivity (Wildman–Crippen MR) is 241 cm³/mol. The molecule has 0 radical (unpaired) electrons. The average Bonchev–Trinajstić information content (AvgIpc) is 3.85. The van der Waals surface area contributed by atoms with Crippen molar-refractivity contribution in [1.82, 2.24) is 48.7 Å². The molecule has 8 aromatic rings. The van der Waals surface area contributed by atoms with Gasteiger partial charge in [0.2, 0.25) is 0 Å². The topological polar surface area (TPSA) is 167 Å². The molecule has 5 aromatic heterocycles. The van der Waals surface area contributed by atoms with Gasteiger partial charge in [0.05, 0.1) is 46.0 Å². The number of carbonyl (C=O) groups is 1. The predicted octanol–water partition coefficient (Wildman–Crippen LogP) is 8.24. The number of amides is 1. The fourth-order valence-corrected chi connectivity index (χ4v) is 8.93. The Morgan fingerprint density at radius 1 is 1.00 bits per heavy atom. The van der Waals surface area contributed by atoms with E-state index >= 15 is 0 Å². The third-order valence-electron chi connectivity index (χ3n) is 12.4. The maximum absolute atomic E-state index is 14.7. The van der Waals surface area contributed by atoms with E-state index in [0.717, 1.165) is 46.1 Å². The minimum Gasteiger partial charge on any atom is -0.376 e. The smallest absolute Gasteiger partial charge is 0.376 e. The van der Waals surface area contributed by atoms with Crippen molar-refractivity contribution in [3.05, 3.63) is 139 Å². The molecule has 1 saturated heterocycles. The Morgan fingerprint density at radius 2 is 1.75 bits per heavy atom. The number of benzene rings is 3. The Labute approximate surface area is 372 Å². The van der Waals surface area contributed by atoms with Gasteiger partial charge in [0.1, 0.15) is 17.3 Å². The summed E-state index contributed by atoms with van der Waals surface area (Å²) in [4.78, 5) is 46.0. The molecule has 1 amide bonds. The third-order valence-corrected chi connectivity index (χ3v) is 12.8. The summed E-state index contributed by atoms with van der Waals surface area (Å²) in [5, 5.41) is 14.9. The molecule has 1 saturated carbocycles. The Hall–Kier alpha value is -6.52. The normalized spacial score (nSPS) is 17.7. The van der Waals surface area contributed by atoms with Gasteiger partial charge in [-0.2, -0.15) is 10.2 Å². The second kappa shape index (κ2) is 16.9. The number of halogens is 2. The van der Waals surface area contributed by atoms with Crippen molar-refractivity contribution in [2.75, 3.05) is 13.2 Å². The summed E-state index contributed by atoms with van der Waals surface area (Å²) in [6.45, 7) is 11.5. The Balaban J connectivity index is 0.000000237. The van der Waals surface area contributed by atoms with Gasteiger partial charge < -0.3 is 14.6 Å². The van der Waals surface area contributed by atoms with Crippen LogP contribution in [0.4, 0.5) is 4.39 Å². The van der Waals surface area contributed by atoms with Crippen LogP contribution in [0.1, 0.15) is 91.1 Å². The summed E-state index contributed by atoms with van der Waals surface area (Å²) in [7, 11) is 1.83. The fraction of sp³-hybridized carbons (Fsp3) is 0.362. The first kappa shape index (κ1) is 42.8. The van der Waals surface area contributed by atoms with Gasteiger partial charge in [-0.05, 0) is 107 Å². The number of fused-ring (bicyclic) bond motifs is 3. The van der Waals surface area contributed by atoms with Crippen LogP contribution in [0.5, 0.6) is 0 Å². The molecular weight excluding hydrogens is 839 g/mol. The second-order valence-corrected chi connectivity index (χ2v) is 18.0. The summed E-state index contributed by atoms with van der Waals surface area (Å²) in [6.07, 6.45) is 10.4. The standard InChI is InChI=1S/C34H28ClFN8O2.C7H14O.C6H8N2O2/c1-19-14-22(15-20(2)31(19)36)44-32(43-13-12-42(34(43)46)29-9-8-28-23(30(29)35)17-37-40(28)3)24-18-41(11-10-26(24)39-44)33(45)27-16-21-6-4-5-7-25(21)38-27;1-7(2)5-3-4-6-8-7;1-3-2-4(3)5-7-6(9)10-8-5/h4-9,12-17,38H,10-11,18H2,1-3H3;3-6H2,1-2H3;3-4H,2H2,1H3,(H,7,8,9)/t;;3-,4+/m..0/s1. The van der Waals surface area contributed by atoms with E-state index in [0.29, 0.717) is 69.7 Å². The van der Waals surface area contributed by atoms with Crippen molar-refractivity contribution < 1.29 is 18.4 Å². The lowest BCUT2D eigenvalue weighted by Crippen LogP contribution is -2.36. The van der Waals surface area contributed by atoms with Gasteiger partial charge >= 0.3 is 11.4 Å². The molecule has 2 fully saturated rings. The van der Waals surface area contributed by atoms with Crippen molar-refractivity contribution in [3.63, 3.8) is 0 Å². The first-order valence-electron chi connectivity index (χ1n) is 21.5. The van der Waals surface area contributed by atoms with Crippen LogP contribution in [0.2, 0.25) is 5.02 Å². The van der Waals surface area contributed by atoms with E-state index in [1.807, 2.05) is 43.4 Å². The quantitative estimate of drug-likeness (QED) is 0.174. The lowest BCUT2D eigenvalue weighted by atomic mass is 9.99. The van der Waals surface area contributed by atoms with Crippen LogP contribution in [0.15, 0.2) is 87.3 Å². The molecule has 2 atom stereocenters. The number of hydrogen-bond donors (Lipinski definition) is 2. The van der Waals surface area contributed by atoms with E-state index in [2.05, 4.69) is 45.5 Å². The van der Waals surface area contributed by atoms with Crippen LogP contribution < -0.4 is 11.4 Å². The molecule has 3 aliphatic rings. The van der Waals surface area contributed by atoms with E-state index < -0.39 is 5.76 Å². The fourth-order valence-electron chi connectivity index (χ4n) is 8.63. The van der Waals surface area contributed by atoms with Crippen LogP contribution >= 0.6 is 11.6 Å². The van der Waals surface area contributed by atoms with Gasteiger partial charge in [-0.15, -0.1) is 0 Å². The number of aromatic nitrogens is 9. The lowest BCUT2D eigenvalue weighted by Gasteiger charge is -2.29. The number of carbonyl (C=O) groups excluding carboxylic acids is 1. The maximum Gasteiger partial charge on any atom is 0.438 e. The summed E-state index contributed by atoms with van der Waals surface area (Å²) in [6, 6.07) is 16.7. The molecule has 1 aliphatic carbocycles. The van der Waals surface area contributed by atoms with Gasteiger partial charge in [-0.3, -0.25) is 28.1 Å². The molecule has 64 heavy (non-hydrogen) atoms. The van der Waals surface area contributed by atoms with Gasteiger partial charge in [0.25, 0.3) is 5.91 Å². The van der Waals surface area contributed by atoms with Gasteiger partial charge in [0.15, 0.2) is 5.82 Å². The molecule has 0 spiro atoms. The Bertz CT molecular complexity index is 3100. The van der Waals surface area contributed by atoms with Crippen molar-refractivity contribution in [2.24, 2.45) is 13.0 Å². The number of nitrogens with zero attached hydrogens (tertiary/aromatic N) is 8. The summed E-state index contributed by atoms with van der Waals surface area (Å²) < 4.78 is 30.9. The highest BCUT2D eigenvalue weighted by atomic mass is 35.5. The highest BCUT2D eigenvalue weighted by molar-refractivity contribution is 6.37. The number of hydrogen-bond acceptors (Lipinski definition) is 8. The Kier molecular flexibility index (Phi) is 11.3. The first-order chi connectivity index (χ1) is 30.7. The number of aromatic amines is 2. The maximum atomic E-state index is 14.7. The minimum absolute atomic E-state index is 0.143. The zero-order chi connectivity index (χ0) is 45.0. The van der Waals surface area contributed by atoms with Crippen molar-refractivity contribution in [2.45, 2.75) is 84.8 Å². The van der Waals surface area contributed by atoms with Gasteiger partial charge in [-0.25, -0.2) is 18.7 Å². The summed E-state index contributed by atoms with van der Waals surface area (Å²) in [5.74, 6) is 1.40. The van der Waals surface area contributed by atoms with Crippen LogP contribution in [-0.4, -0.2) is 73.4 Å². The van der Waals surface area contributed by atoms with Crippen LogP contribution in [0.3, 0.4) is 0 Å². The van der Waals surface area contributed by atoms with E-state index in [-0.39, 0.29) is 29.6 Å². The number of aryl methyl sites for hydroxylation is 3. The average molecular weight is 889 g/mol. The molecule has 11 rings (SSSR count). The molecule has 2 aliphatic heterocycles. The summed E-state index contributed by atoms with van der Waals surface area (Å²) in [5.41, 5.74) is 5.59. The largest absolute Gasteiger partial charge is 0.438 e. The van der Waals surface area contributed by atoms with Crippen molar-refractivity contribution in [3.8, 4) is 17.2 Å².